The molecule has 0 spiro atoms. The minimum absolute atomic E-state index is 0.396. The van der Waals surface area contributed by atoms with Crippen LogP contribution in [0.15, 0.2) is 23.1 Å². The first-order chi connectivity index (χ1) is 5.11. The van der Waals surface area contributed by atoms with E-state index in [2.05, 4.69) is 12.6 Å². The molecule has 1 amide bonds. The van der Waals surface area contributed by atoms with Crippen LogP contribution >= 0.6 is 24.2 Å². The van der Waals surface area contributed by atoms with Crippen LogP contribution in [0.2, 0.25) is 5.02 Å². The van der Waals surface area contributed by atoms with Crippen LogP contribution < -0.4 is 5.73 Å². The van der Waals surface area contributed by atoms with Crippen molar-refractivity contribution in [2.24, 2.45) is 5.73 Å². The zero-order valence-corrected chi connectivity index (χ0v) is 7.19. The van der Waals surface area contributed by atoms with Gasteiger partial charge in [-0.2, -0.15) is 0 Å². The molecule has 0 heterocycles. The Morgan fingerprint density at radius 2 is 2.18 bits per heavy atom. The molecular formula is C7H6ClNOS. The second-order valence-electron chi connectivity index (χ2n) is 2.03. The molecule has 0 fully saturated rings. The van der Waals surface area contributed by atoms with Gasteiger partial charge in [-0.05, 0) is 18.2 Å². The van der Waals surface area contributed by atoms with E-state index < -0.39 is 5.91 Å². The number of carbonyl (C=O) groups is 1. The van der Waals surface area contributed by atoms with Crippen molar-refractivity contribution in [3.05, 3.63) is 28.8 Å². The molecule has 11 heavy (non-hydrogen) atoms. The Hall–Kier alpha value is -0.670. The lowest BCUT2D eigenvalue weighted by Gasteiger charge is -1.97. The number of rotatable bonds is 1. The minimum Gasteiger partial charge on any atom is -0.366 e. The number of benzene rings is 1. The van der Waals surface area contributed by atoms with Crippen molar-refractivity contribution in [3.63, 3.8) is 0 Å². The largest absolute Gasteiger partial charge is 0.366 e. The normalized spacial score (nSPS) is 9.64. The first-order valence-electron chi connectivity index (χ1n) is 2.89. The molecule has 0 unspecified atom stereocenters. The average Bonchev–Trinajstić information content (AvgIpc) is 1.94. The van der Waals surface area contributed by atoms with Crippen molar-refractivity contribution in [2.45, 2.75) is 4.90 Å². The Morgan fingerprint density at radius 3 is 2.64 bits per heavy atom. The highest BCUT2D eigenvalue weighted by molar-refractivity contribution is 7.80. The predicted molar refractivity (Wildman–Crippen MR) is 47.2 cm³/mol. The summed E-state index contributed by atoms with van der Waals surface area (Å²) in [6, 6.07) is 4.70. The number of nitrogens with two attached hydrogens (primary N) is 1. The topological polar surface area (TPSA) is 43.1 Å². The van der Waals surface area contributed by atoms with Crippen molar-refractivity contribution < 1.29 is 4.79 Å². The number of hydrogen-bond acceptors (Lipinski definition) is 2. The maximum absolute atomic E-state index is 10.6. The van der Waals surface area contributed by atoms with Gasteiger partial charge in [-0.25, -0.2) is 0 Å². The number of thiol groups is 1. The van der Waals surface area contributed by atoms with E-state index in [0.29, 0.717) is 15.5 Å². The third-order valence-corrected chi connectivity index (χ3v) is 2.07. The number of primary amides is 1. The summed E-state index contributed by atoms with van der Waals surface area (Å²) >= 11 is 9.70. The number of hydrogen-bond donors (Lipinski definition) is 2. The van der Waals surface area contributed by atoms with Gasteiger partial charge in [-0.3, -0.25) is 4.79 Å². The zero-order chi connectivity index (χ0) is 8.43. The lowest BCUT2D eigenvalue weighted by molar-refractivity contribution is 0.100. The van der Waals surface area contributed by atoms with E-state index in [0.717, 1.165) is 0 Å². The van der Waals surface area contributed by atoms with Crippen LogP contribution in [0.3, 0.4) is 0 Å². The summed E-state index contributed by atoms with van der Waals surface area (Å²) in [4.78, 5) is 11.2. The van der Waals surface area contributed by atoms with Crippen molar-refractivity contribution in [1.82, 2.24) is 0 Å². The van der Waals surface area contributed by atoms with Gasteiger partial charge in [0.25, 0.3) is 0 Å². The van der Waals surface area contributed by atoms with Gasteiger partial charge in [0.05, 0.1) is 5.02 Å². The molecule has 1 aromatic carbocycles. The zero-order valence-electron chi connectivity index (χ0n) is 5.54. The van der Waals surface area contributed by atoms with Crippen molar-refractivity contribution in [1.29, 1.82) is 0 Å². The Morgan fingerprint density at radius 1 is 1.55 bits per heavy atom. The molecular weight excluding hydrogens is 182 g/mol. The van der Waals surface area contributed by atoms with E-state index >= 15 is 0 Å². The highest BCUT2D eigenvalue weighted by atomic mass is 35.5. The Labute approximate surface area is 74.8 Å². The molecule has 0 radical (unpaired) electrons. The van der Waals surface area contributed by atoms with Crippen LogP contribution in [0.25, 0.3) is 0 Å². The summed E-state index contributed by atoms with van der Waals surface area (Å²) in [6.45, 7) is 0. The smallest absolute Gasteiger partial charge is 0.248 e. The number of halogens is 1. The first kappa shape index (κ1) is 8.43. The summed E-state index contributed by atoms with van der Waals surface area (Å²) < 4.78 is 0. The summed E-state index contributed by atoms with van der Waals surface area (Å²) in [5.74, 6) is -0.486. The Balaban J connectivity index is 3.15. The van der Waals surface area contributed by atoms with Gasteiger partial charge >= 0.3 is 0 Å². The first-order valence-corrected chi connectivity index (χ1v) is 3.72. The van der Waals surface area contributed by atoms with Crippen LogP contribution in [0.5, 0.6) is 0 Å². The van der Waals surface area contributed by atoms with Crippen molar-refractivity contribution in [3.8, 4) is 0 Å². The molecule has 1 aromatic rings. The molecule has 0 bridgehead atoms. The maximum Gasteiger partial charge on any atom is 0.248 e. The molecule has 0 aromatic heterocycles. The number of amides is 1. The molecule has 0 saturated carbocycles. The van der Waals surface area contributed by atoms with E-state index in [-0.39, 0.29) is 0 Å². The average molecular weight is 188 g/mol. The lowest BCUT2D eigenvalue weighted by atomic mass is 10.2. The van der Waals surface area contributed by atoms with Gasteiger partial charge in [-0.1, -0.05) is 11.6 Å². The van der Waals surface area contributed by atoms with E-state index in [1.807, 2.05) is 0 Å². The monoisotopic (exact) mass is 187 g/mol. The summed E-state index contributed by atoms with van der Waals surface area (Å²) in [5.41, 5.74) is 5.41. The fourth-order valence-corrected chi connectivity index (χ4v) is 0.980. The highest BCUT2D eigenvalue weighted by Crippen LogP contribution is 2.20. The minimum atomic E-state index is -0.486. The van der Waals surface area contributed by atoms with Crippen LogP contribution in [-0.2, 0) is 0 Å². The molecule has 4 heteroatoms. The van der Waals surface area contributed by atoms with Gasteiger partial charge in [-0.15, -0.1) is 12.6 Å². The molecule has 0 aliphatic carbocycles. The molecule has 1 rings (SSSR count). The summed E-state index contributed by atoms with van der Waals surface area (Å²) in [7, 11) is 0. The maximum atomic E-state index is 10.6. The van der Waals surface area contributed by atoms with Gasteiger partial charge in [0.2, 0.25) is 5.91 Å². The molecule has 0 aliphatic heterocycles. The molecule has 0 aliphatic rings. The SMILES string of the molecule is NC(=O)c1ccc(S)c(Cl)c1. The number of carbonyl (C=O) groups excluding carboxylic acids is 1. The quantitative estimate of drug-likeness (QED) is 0.647. The Bertz CT molecular complexity index is 300. The molecule has 58 valence electrons. The standard InChI is InChI=1S/C7H6ClNOS/c8-5-3-4(7(9)10)1-2-6(5)11/h1-3,11H,(H2,9,10). The van der Waals surface area contributed by atoms with Gasteiger partial charge < -0.3 is 5.73 Å². The second-order valence-corrected chi connectivity index (χ2v) is 2.92. The van der Waals surface area contributed by atoms with E-state index in [1.165, 1.54) is 6.07 Å². The van der Waals surface area contributed by atoms with Crippen LogP contribution in [0, 0.1) is 0 Å². The Kier molecular flexibility index (Phi) is 2.42. The fourth-order valence-electron chi connectivity index (χ4n) is 0.660. The van der Waals surface area contributed by atoms with Gasteiger partial charge in [0, 0.05) is 10.5 Å². The van der Waals surface area contributed by atoms with Gasteiger partial charge in [0.15, 0.2) is 0 Å². The second kappa shape index (κ2) is 3.15. The highest BCUT2D eigenvalue weighted by Gasteiger charge is 2.01. The van der Waals surface area contributed by atoms with Crippen LogP contribution in [0.1, 0.15) is 10.4 Å². The third-order valence-electron chi connectivity index (χ3n) is 1.23. The molecule has 2 N–H and O–H groups in total. The van der Waals surface area contributed by atoms with Crippen LogP contribution in [-0.4, -0.2) is 5.91 Å². The van der Waals surface area contributed by atoms with E-state index in [1.54, 1.807) is 12.1 Å². The third kappa shape index (κ3) is 1.88. The van der Waals surface area contributed by atoms with E-state index in [9.17, 15) is 4.79 Å². The van der Waals surface area contributed by atoms with Gasteiger partial charge in [0.1, 0.15) is 0 Å². The molecule has 2 nitrogen and oxygen atoms in total. The molecule has 0 saturated heterocycles. The predicted octanol–water partition coefficient (Wildman–Crippen LogP) is 1.73. The van der Waals surface area contributed by atoms with Crippen molar-refractivity contribution >= 4 is 30.1 Å². The molecule has 0 atom stereocenters. The van der Waals surface area contributed by atoms with Crippen LogP contribution in [0.4, 0.5) is 0 Å². The summed E-state index contributed by atoms with van der Waals surface area (Å²) in [6.07, 6.45) is 0. The van der Waals surface area contributed by atoms with Crippen molar-refractivity contribution in [2.75, 3.05) is 0 Å². The van der Waals surface area contributed by atoms with E-state index in [4.69, 9.17) is 17.3 Å². The summed E-state index contributed by atoms with van der Waals surface area (Å²) in [5, 5.41) is 0.435. The fraction of sp³-hybridized carbons (Fsp3) is 0. The lowest BCUT2D eigenvalue weighted by Crippen LogP contribution is -2.10.